The lowest BCUT2D eigenvalue weighted by molar-refractivity contribution is 0.0708. The maximum absolute atomic E-state index is 13.4. The molecule has 1 aliphatic heterocycles. The largest absolute Gasteiger partial charge is 0.507 e. The molecule has 1 saturated heterocycles. The Balaban J connectivity index is 1.47. The molecule has 1 aromatic carbocycles. The second kappa shape index (κ2) is 12.3. The third kappa shape index (κ3) is 6.87. The minimum atomic E-state index is -0.193. The summed E-state index contributed by atoms with van der Waals surface area (Å²) in [5, 5.41) is 23.9. The summed E-state index contributed by atoms with van der Waals surface area (Å²) < 4.78 is 0. The normalized spacial score (nSPS) is 14.8. The summed E-state index contributed by atoms with van der Waals surface area (Å²) >= 11 is 3.24. The molecule has 1 amide bonds. The van der Waals surface area contributed by atoms with Gasteiger partial charge in [0, 0.05) is 59.4 Å². The molecule has 2 aromatic heterocycles. The molecule has 1 N–H and O–H groups in total. The van der Waals surface area contributed by atoms with Gasteiger partial charge in [0.25, 0.3) is 5.91 Å². The van der Waals surface area contributed by atoms with Crippen molar-refractivity contribution < 1.29 is 9.90 Å². The molecule has 1 aliphatic rings. The van der Waals surface area contributed by atoms with Gasteiger partial charge in [-0.15, -0.1) is 23.1 Å². The molecule has 0 bridgehead atoms. The van der Waals surface area contributed by atoms with Crippen LogP contribution in [0.1, 0.15) is 99.6 Å². The van der Waals surface area contributed by atoms with Crippen LogP contribution in [0, 0.1) is 11.3 Å². The molecule has 0 aliphatic carbocycles. The van der Waals surface area contributed by atoms with Gasteiger partial charge in [-0.1, -0.05) is 41.5 Å². The first kappa shape index (κ1) is 30.1. The summed E-state index contributed by atoms with van der Waals surface area (Å²) in [6.45, 7) is 14.1. The molecule has 212 valence electrons. The van der Waals surface area contributed by atoms with Crippen LogP contribution in [-0.4, -0.2) is 44.7 Å². The predicted molar refractivity (Wildman–Crippen MR) is 164 cm³/mol. The number of likely N-dealkylation sites (tertiary alicyclic amines) is 1. The number of rotatable bonds is 7. The maximum atomic E-state index is 13.4. The number of amides is 1. The number of carbonyl (C=O) groups is 1. The lowest BCUT2D eigenvalue weighted by Gasteiger charge is -2.31. The van der Waals surface area contributed by atoms with Gasteiger partial charge >= 0.3 is 0 Å². The van der Waals surface area contributed by atoms with Crippen molar-refractivity contribution in [1.29, 1.82) is 5.26 Å². The number of nitrogens with zero attached hydrogens (tertiary/aromatic N) is 4. The zero-order valence-electron chi connectivity index (χ0n) is 24.5. The molecule has 0 unspecified atom stereocenters. The number of carbonyl (C=O) groups excluding carboxylic acids is 1. The number of piperidine rings is 1. The summed E-state index contributed by atoms with van der Waals surface area (Å²) in [6.07, 6.45) is 4.76. The molecule has 6 nitrogen and oxygen atoms in total. The summed E-state index contributed by atoms with van der Waals surface area (Å²) in [7, 11) is 0. The van der Waals surface area contributed by atoms with Crippen LogP contribution in [0.25, 0.3) is 11.3 Å². The monoisotopic (exact) mass is 576 g/mol. The Bertz CT molecular complexity index is 1350. The van der Waals surface area contributed by atoms with Gasteiger partial charge in [-0.2, -0.15) is 5.26 Å². The number of thiazole rings is 1. The summed E-state index contributed by atoms with van der Waals surface area (Å²) in [6, 6.07) is 10.0. The second-order valence-electron chi connectivity index (χ2n) is 12.5. The van der Waals surface area contributed by atoms with E-state index in [1.54, 1.807) is 29.3 Å². The van der Waals surface area contributed by atoms with E-state index in [1.807, 2.05) is 17.0 Å². The Kier molecular flexibility index (Phi) is 9.26. The van der Waals surface area contributed by atoms with Crippen LogP contribution in [0.5, 0.6) is 5.75 Å². The number of hydrogen-bond donors (Lipinski definition) is 1. The Hall–Kier alpha value is -2.89. The Morgan fingerprint density at radius 3 is 2.40 bits per heavy atom. The molecule has 0 saturated carbocycles. The van der Waals surface area contributed by atoms with E-state index < -0.39 is 0 Å². The molecule has 3 heterocycles. The smallest absolute Gasteiger partial charge is 0.256 e. The molecule has 0 spiro atoms. The fourth-order valence-electron chi connectivity index (χ4n) is 5.02. The number of benzene rings is 1. The van der Waals surface area contributed by atoms with Gasteiger partial charge in [0.05, 0.1) is 22.3 Å². The van der Waals surface area contributed by atoms with E-state index >= 15 is 0 Å². The number of thioether (sulfide) groups is 1. The molecular formula is C32H40N4O2S2. The zero-order chi connectivity index (χ0) is 29.1. The van der Waals surface area contributed by atoms with E-state index in [-0.39, 0.29) is 16.7 Å². The van der Waals surface area contributed by atoms with Crippen LogP contribution in [0.3, 0.4) is 0 Å². The molecular weight excluding hydrogens is 537 g/mol. The third-order valence-electron chi connectivity index (χ3n) is 7.35. The highest BCUT2D eigenvalue weighted by Crippen LogP contribution is 2.43. The first-order valence-corrected chi connectivity index (χ1v) is 15.8. The molecule has 0 atom stereocenters. The first-order valence-electron chi connectivity index (χ1n) is 14.0. The summed E-state index contributed by atoms with van der Waals surface area (Å²) in [5.41, 5.74) is 4.13. The number of unbranched alkanes of at least 4 members (excludes halogenated alkanes) is 1. The number of nitriles is 1. The van der Waals surface area contributed by atoms with E-state index in [4.69, 9.17) is 10.2 Å². The second-order valence-corrected chi connectivity index (χ2v) is 14.5. The summed E-state index contributed by atoms with van der Waals surface area (Å²) in [5.74, 6) is 1.50. The Morgan fingerprint density at radius 2 is 1.80 bits per heavy atom. The van der Waals surface area contributed by atoms with Crippen molar-refractivity contribution in [2.24, 2.45) is 0 Å². The van der Waals surface area contributed by atoms with Gasteiger partial charge in [0.2, 0.25) is 0 Å². The topological polar surface area (TPSA) is 90.1 Å². The Labute approximate surface area is 246 Å². The van der Waals surface area contributed by atoms with Crippen LogP contribution in [-0.2, 0) is 10.8 Å². The van der Waals surface area contributed by atoms with Crippen LogP contribution in [0.15, 0.2) is 40.9 Å². The predicted octanol–water partition coefficient (Wildman–Crippen LogP) is 7.92. The van der Waals surface area contributed by atoms with Gasteiger partial charge in [-0.3, -0.25) is 4.79 Å². The van der Waals surface area contributed by atoms with Gasteiger partial charge in [0.1, 0.15) is 10.8 Å². The fraction of sp³-hybridized carbons (Fsp3) is 0.500. The highest BCUT2D eigenvalue weighted by atomic mass is 32.2. The van der Waals surface area contributed by atoms with Crippen molar-refractivity contribution in [2.45, 2.75) is 89.0 Å². The molecule has 40 heavy (non-hydrogen) atoms. The van der Waals surface area contributed by atoms with Gasteiger partial charge in [-0.25, -0.2) is 9.97 Å². The number of hydrogen-bond acceptors (Lipinski definition) is 7. The van der Waals surface area contributed by atoms with E-state index in [0.717, 1.165) is 57.4 Å². The molecule has 1 fully saturated rings. The zero-order valence-corrected chi connectivity index (χ0v) is 26.1. The number of phenols is 1. The van der Waals surface area contributed by atoms with Crippen LogP contribution < -0.4 is 0 Å². The van der Waals surface area contributed by atoms with E-state index in [0.29, 0.717) is 36.7 Å². The van der Waals surface area contributed by atoms with Crippen molar-refractivity contribution in [3.63, 3.8) is 0 Å². The molecule has 3 aromatic rings. The van der Waals surface area contributed by atoms with E-state index in [2.05, 4.69) is 70.1 Å². The van der Waals surface area contributed by atoms with E-state index in [1.165, 1.54) is 0 Å². The SMILES string of the molecule is CC(C)(C)c1cc(-c2csc(C3CCN(C(=O)c4cccnc4SCCCC#N)CC3)n2)cc(C(C)(C)C)c1O. The Morgan fingerprint density at radius 1 is 1.15 bits per heavy atom. The van der Waals surface area contributed by atoms with Crippen molar-refractivity contribution in [2.75, 3.05) is 18.8 Å². The highest BCUT2D eigenvalue weighted by molar-refractivity contribution is 7.99. The van der Waals surface area contributed by atoms with Crippen molar-refractivity contribution >= 4 is 29.0 Å². The first-order chi connectivity index (χ1) is 18.9. The highest BCUT2D eigenvalue weighted by Gasteiger charge is 2.30. The average Bonchev–Trinajstić information content (AvgIpc) is 3.40. The minimum absolute atomic E-state index is 0.0303. The lowest BCUT2D eigenvalue weighted by atomic mass is 9.78. The number of phenolic OH excluding ortho intramolecular Hbond substituents is 1. The van der Waals surface area contributed by atoms with Crippen molar-refractivity contribution in [3.05, 3.63) is 57.5 Å². The summed E-state index contributed by atoms with van der Waals surface area (Å²) in [4.78, 5) is 24.8. The van der Waals surface area contributed by atoms with Gasteiger partial charge in [0.15, 0.2) is 0 Å². The number of aromatic nitrogens is 2. The van der Waals surface area contributed by atoms with Crippen LogP contribution >= 0.6 is 23.1 Å². The van der Waals surface area contributed by atoms with Gasteiger partial charge in [-0.05, 0) is 54.4 Å². The van der Waals surface area contributed by atoms with E-state index in [9.17, 15) is 9.90 Å². The molecule has 4 rings (SSSR count). The van der Waals surface area contributed by atoms with Crippen molar-refractivity contribution in [1.82, 2.24) is 14.9 Å². The molecule has 0 radical (unpaired) electrons. The fourth-order valence-corrected chi connectivity index (χ4v) is 6.95. The quantitative estimate of drug-likeness (QED) is 0.227. The lowest BCUT2D eigenvalue weighted by Crippen LogP contribution is -2.38. The van der Waals surface area contributed by atoms with Gasteiger partial charge < -0.3 is 10.0 Å². The molecule has 8 heteroatoms. The van der Waals surface area contributed by atoms with Crippen molar-refractivity contribution in [3.8, 4) is 23.1 Å². The standard InChI is InChI=1S/C32H40N4O2S2/c1-31(2,3)24-18-22(19-25(27(24)37)32(4,5)6)26-20-40-28(35-26)21-11-15-36(16-12-21)30(38)23-10-9-14-34-29(23)39-17-8-7-13-33/h9-10,14,18-21,37H,7-8,11-12,15-17H2,1-6H3. The average molecular weight is 577 g/mol. The maximum Gasteiger partial charge on any atom is 0.256 e. The third-order valence-corrected chi connectivity index (χ3v) is 9.45. The van der Waals surface area contributed by atoms with Crippen LogP contribution in [0.4, 0.5) is 0 Å². The van der Waals surface area contributed by atoms with Crippen LogP contribution in [0.2, 0.25) is 0 Å². The minimum Gasteiger partial charge on any atom is -0.507 e. The number of aromatic hydroxyl groups is 1. The number of pyridine rings is 1.